The van der Waals surface area contributed by atoms with E-state index in [0.29, 0.717) is 5.56 Å². The minimum absolute atomic E-state index is 0.120. The highest BCUT2D eigenvalue weighted by Crippen LogP contribution is 2.41. The molecular weight excluding hydrogens is 276 g/mol. The molecule has 1 aromatic rings. The van der Waals surface area contributed by atoms with Gasteiger partial charge in [0, 0.05) is 18.2 Å². The molecule has 7 heteroatoms. The van der Waals surface area contributed by atoms with Gasteiger partial charge in [-0.25, -0.2) is 4.79 Å². The summed E-state index contributed by atoms with van der Waals surface area (Å²) in [5.74, 6) is -3.45. The van der Waals surface area contributed by atoms with E-state index in [2.05, 4.69) is 4.98 Å². The number of rotatable bonds is 4. The molecule has 0 radical (unpaired) electrons. The fraction of sp³-hybridized carbons (Fsp3) is 0.429. The SMILES string of the molecule is O=C(O)C[C@H]1c2cccnc2C(=O)N(C2CC2)[C@@H]1C(=O)O. The van der Waals surface area contributed by atoms with Crippen LogP contribution in [0.4, 0.5) is 0 Å². The predicted octanol–water partition coefficient (Wildman–Crippen LogP) is 0.711. The number of carbonyl (C=O) groups is 3. The molecule has 1 aromatic heterocycles. The molecule has 2 aliphatic rings. The smallest absolute Gasteiger partial charge is 0.327 e. The topological polar surface area (TPSA) is 108 Å². The molecule has 1 aliphatic heterocycles. The second-order valence-electron chi connectivity index (χ2n) is 5.37. The van der Waals surface area contributed by atoms with Gasteiger partial charge in [-0.05, 0) is 24.5 Å². The van der Waals surface area contributed by atoms with Crippen LogP contribution >= 0.6 is 0 Å². The molecule has 0 aromatic carbocycles. The van der Waals surface area contributed by atoms with E-state index >= 15 is 0 Å². The summed E-state index contributed by atoms with van der Waals surface area (Å²) >= 11 is 0. The third-order valence-electron chi connectivity index (χ3n) is 3.94. The van der Waals surface area contributed by atoms with Crippen molar-refractivity contribution in [2.45, 2.75) is 37.3 Å². The summed E-state index contributed by atoms with van der Waals surface area (Å²) in [6.07, 6.45) is 2.61. The maximum atomic E-state index is 12.5. The van der Waals surface area contributed by atoms with E-state index in [1.165, 1.54) is 11.1 Å². The second kappa shape index (κ2) is 4.83. The van der Waals surface area contributed by atoms with E-state index in [4.69, 9.17) is 5.11 Å². The van der Waals surface area contributed by atoms with Crippen molar-refractivity contribution in [3.63, 3.8) is 0 Å². The summed E-state index contributed by atoms with van der Waals surface area (Å²) in [7, 11) is 0. The second-order valence-corrected chi connectivity index (χ2v) is 5.37. The number of carboxylic acid groups (broad SMARTS) is 2. The number of aliphatic carboxylic acids is 2. The van der Waals surface area contributed by atoms with Crippen LogP contribution in [0.3, 0.4) is 0 Å². The molecule has 2 atom stereocenters. The Morgan fingerprint density at radius 3 is 2.62 bits per heavy atom. The van der Waals surface area contributed by atoms with Gasteiger partial charge < -0.3 is 15.1 Å². The van der Waals surface area contributed by atoms with E-state index in [-0.39, 0.29) is 18.2 Å². The largest absolute Gasteiger partial charge is 0.481 e. The van der Waals surface area contributed by atoms with Crippen LogP contribution in [0.2, 0.25) is 0 Å². The Bertz CT molecular complexity index is 626. The predicted molar refractivity (Wildman–Crippen MR) is 69.8 cm³/mol. The van der Waals surface area contributed by atoms with Crippen LogP contribution in [0.25, 0.3) is 0 Å². The summed E-state index contributed by atoms with van der Waals surface area (Å²) in [5, 5.41) is 18.6. The van der Waals surface area contributed by atoms with Gasteiger partial charge in [-0.3, -0.25) is 14.6 Å². The van der Waals surface area contributed by atoms with Crippen molar-refractivity contribution in [3.05, 3.63) is 29.6 Å². The van der Waals surface area contributed by atoms with Crippen LogP contribution in [0.1, 0.15) is 41.2 Å². The van der Waals surface area contributed by atoms with Crippen molar-refractivity contribution in [2.75, 3.05) is 0 Å². The van der Waals surface area contributed by atoms with Crippen molar-refractivity contribution in [1.82, 2.24) is 9.88 Å². The molecule has 0 saturated heterocycles. The number of pyridine rings is 1. The Kier molecular flexibility index (Phi) is 3.12. The molecule has 1 saturated carbocycles. The maximum absolute atomic E-state index is 12.5. The highest BCUT2D eigenvalue weighted by Gasteiger charge is 2.50. The zero-order valence-corrected chi connectivity index (χ0v) is 11.1. The van der Waals surface area contributed by atoms with Gasteiger partial charge in [-0.15, -0.1) is 0 Å². The first-order chi connectivity index (χ1) is 10.0. The fourth-order valence-corrected chi connectivity index (χ4v) is 2.95. The number of amides is 1. The minimum atomic E-state index is -1.17. The number of aromatic nitrogens is 1. The number of nitrogens with zero attached hydrogens (tertiary/aromatic N) is 2. The zero-order chi connectivity index (χ0) is 15.1. The molecule has 21 heavy (non-hydrogen) atoms. The van der Waals surface area contributed by atoms with Gasteiger partial charge in [0.1, 0.15) is 11.7 Å². The molecule has 2 N–H and O–H groups in total. The summed E-state index contributed by atoms with van der Waals surface area (Å²) in [6.45, 7) is 0. The summed E-state index contributed by atoms with van der Waals surface area (Å²) in [5.41, 5.74) is 0.586. The van der Waals surface area contributed by atoms with Crippen LogP contribution in [0.15, 0.2) is 18.3 Å². The Morgan fingerprint density at radius 2 is 2.05 bits per heavy atom. The average molecular weight is 290 g/mol. The van der Waals surface area contributed by atoms with Crippen molar-refractivity contribution >= 4 is 17.8 Å². The van der Waals surface area contributed by atoms with E-state index in [9.17, 15) is 19.5 Å². The Balaban J connectivity index is 2.12. The van der Waals surface area contributed by atoms with E-state index in [0.717, 1.165) is 12.8 Å². The molecule has 1 amide bonds. The van der Waals surface area contributed by atoms with Crippen molar-refractivity contribution in [2.24, 2.45) is 0 Å². The fourth-order valence-electron chi connectivity index (χ4n) is 2.95. The molecule has 0 spiro atoms. The third-order valence-corrected chi connectivity index (χ3v) is 3.94. The first kappa shape index (κ1) is 13.5. The van der Waals surface area contributed by atoms with Gasteiger partial charge in [0.2, 0.25) is 0 Å². The van der Waals surface area contributed by atoms with Crippen molar-refractivity contribution < 1.29 is 24.6 Å². The van der Waals surface area contributed by atoms with E-state index in [1.807, 2.05) is 0 Å². The van der Waals surface area contributed by atoms with E-state index < -0.39 is 29.8 Å². The molecule has 110 valence electrons. The molecule has 0 unspecified atom stereocenters. The van der Waals surface area contributed by atoms with Crippen LogP contribution in [0.5, 0.6) is 0 Å². The summed E-state index contributed by atoms with van der Waals surface area (Å²) in [4.78, 5) is 40.6. The molecule has 1 fully saturated rings. The summed E-state index contributed by atoms with van der Waals surface area (Å²) in [6, 6.07) is 1.92. The normalized spacial score (nSPS) is 24.6. The molecule has 1 aliphatic carbocycles. The lowest BCUT2D eigenvalue weighted by Gasteiger charge is -2.38. The first-order valence-corrected chi connectivity index (χ1v) is 6.73. The zero-order valence-electron chi connectivity index (χ0n) is 11.1. The lowest BCUT2D eigenvalue weighted by molar-refractivity contribution is -0.145. The Labute approximate surface area is 120 Å². The van der Waals surface area contributed by atoms with Gasteiger partial charge in [0.05, 0.1) is 6.42 Å². The minimum Gasteiger partial charge on any atom is -0.481 e. The van der Waals surface area contributed by atoms with Crippen LogP contribution in [-0.2, 0) is 9.59 Å². The maximum Gasteiger partial charge on any atom is 0.327 e. The Morgan fingerprint density at radius 1 is 1.33 bits per heavy atom. The molecule has 7 nitrogen and oxygen atoms in total. The number of carboxylic acids is 2. The van der Waals surface area contributed by atoms with Gasteiger partial charge in [-0.1, -0.05) is 6.07 Å². The average Bonchev–Trinajstić information content (AvgIpc) is 3.25. The van der Waals surface area contributed by atoms with Gasteiger partial charge in [-0.2, -0.15) is 0 Å². The van der Waals surface area contributed by atoms with Crippen molar-refractivity contribution in [3.8, 4) is 0 Å². The number of hydrogen-bond donors (Lipinski definition) is 2. The van der Waals surface area contributed by atoms with Crippen molar-refractivity contribution in [1.29, 1.82) is 0 Å². The highest BCUT2D eigenvalue weighted by molar-refractivity contribution is 5.99. The quantitative estimate of drug-likeness (QED) is 0.845. The molecule has 0 bridgehead atoms. The Hall–Kier alpha value is -2.44. The highest BCUT2D eigenvalue weighted by atomic mass is 16.4. The molecule has 2 heterocycles. The van der Waals surface area contributed by atoms with Gasteiger partial charge in [0.25, 0.3) is 5.91 Å². The summed E-state index contributed by atoms with van der Waals surface area (Å²) < 4.78 is 0. The van der Waals surface area contributed by atoms with Crippen LogP contribution in [0, 0.1) is 0 Å². The standard InChI is InChI=1S/C14H14N2O5/c17-10(18)6-9-8-2-1-5-15-11(8)13(19)16(7-3-4-7)12(9)14(20)21/h1-2,5,7,9,12H,3-4,6H2,(H,17,18)(H,20,21)/t9-,12-/m0/s1. The monoisotopic (exact) mass is 290 g/mol. The van der Waals surface area contributed by atoms with E-state index in [1.54, 1.807) is 12.1 Å². The van der Waals surface area contributed by atoms with Gasteiger partial charge >= 0.3 is 11.9 Å². The van der Waals surface area contributed by atoms with Gasteiger partial charge in [0.15, 0.2) is 0 Å². The van der Waals surface area contributed by atoms with Crippen LogP contribution in [-0.4, -0.2) is 50.0 Å². The number of carbonyl (C=O) groups excluding carboxylic acids is 1. The molecule has 3 rings (SSSR count). The number of hydrogen-bond acceptors (Lipinski definition) is 4. The van der Waals surface area contributed by atoms with Crippen LogP contribution < -0.4 is 0 Å². The first-order valence-electron chi connectivity index (χ1n) is 6.73. The molecular formula is C14H14N2O5. The lowest BCUT2D eigenvalue weighted by Crippen LogP contribution is -2.54. The third kappa shape index (κ3) is 2.24. The number of fused-ring (bicyclic) bond motifs is 1. The lowest BCUT2D eigenvalue weighted by atomic mass is 9.82.